The summed E-state index contributed by atoms with van der Waals surface area (Å²) in [7, 11) is 2.15. The molecule has 0 amide bonds. The summed E-state index contributed by atoms with van der Waals surface area (Å²) in [6, 6.07) is 19.3. The third-order valence-electron chi connectivity index (χ3n) is 4.03. The van der Waals surface area contributed by atoms with Crippen molar-refractivity contribution in [2.24, 2.45) is 5.73 Å². The van der Waals surface area contributed by atoms with Gasteiger partial charge in [-0.25, -0.2) is 0 Å². The molecule has 0 unspecified atom stereocenters. The number of hydrogen-bond donors (Lipinski definition) is 1. The van der Waals surface area contributed by atoms with Gasteiger partial charge in [-0.1, -0.05) is 36.4 Å². The molecule has 23 heavy (non-hydrogen) atoms. The van der Waals surface area contributed by atoms with E-state index in [2.05, 4.69) is 65.5 Å². The van der Waals surface area contributed by atoms with Crippen molar-refractivity contribution in [3.63, 3.8) is 0 Å². The molecule has 3 heteroatoms. The minimum Gasteiger partial charge on any atom is -0.330 e. The lowest BCUT2D eigenvalue weighted by atomic mass is 10.1. The second-order valence-corrected chi connectivity index (χ2v) is 6.06. The number of rotatable bonds is 6. The fraction of sp³-hybridized carbons (Fsp3) is 0.250. The van der Waals surface area contributed by atoms with Gasteiger partial charge in [0.05, 0.1) is 5.52 Å². The van der Waals surface area contributed by atoms with Crippen LogP contribution < -0.4 is 5.73 Å². The van der Waals surface area contributed by atoms with E-state index in [0.29, 0.717) is 6.54 Å². The summed E-state index contributed by atoms with van der Waals surface area (Å²) in [5.74, 6) is 0. The van der Waals surface area contributed by atoms with Gasteiger partial charge in [-0.3, -0.25) is 9.88 Å². The Morgan fingerprint density at radius 1 is 0.913 bits per heavy atom. The minimum atomic E-state index is 0.704. The second kappa shape index (κ2) is 7.36. The quantitative estimate of drug-likeness (QED) is 0.759. The molecule has 0 saturated carbocycles. The summed E-state index contributed by atoms with van der Waals surface area (Å²) in [6.45, 7) is 2.57. The first-order valence-electron chi connectivity index (χ1n) is 8.05. The maximum atomic E-state index is 5.59. The third-order valence-corrected chi connectivity index (χ3v) is 4.03. The standard InChI is InChI=1S/C20H23N3/c1-23(14-17-6-4-16(5-7-17)10-11-21)15-18-8-9-20-19(13-18)3-2-12-22-20/h2-9,12-13H,10-11,14-15,21H2,1H3. The van der Waals surface area contributed by atoms with Crippen LogP contribution in [0.2, 0.25) is 0 Å². The highest BCUT2D eigenvalue weighted by Gasteiger charge is 2.04. The van der Waals surface area contributed by atoms with Crippen LogP contribution in [-0.2, 0) is 19.5 Å². The van der Waals surface area contributed by atoms with E-state index in [1.807, 2.05) is 12.3 Å². The summed E-state index contributed by atoms with van der Waals surface area (Å²) in [5, 5.41) is 1.20. The number of nitrogens with two attached hydrogens (primary N) is 1. The van der Waals surface area contributed by atoms with Gasteiger partial charge in [-0.05, 0) is 54.9 Å². The fourth-order valence-corrected chi connectivity index (χ4v) is 2.88. The molecular formula is C20H23N3. The van der Waals surface area contributed by atoms with E-state index >= 15 is 0 Å². The van der Waals surface area contributed by atoms with Crippen molar-refractivity contribution in [2.45, 2.75) is 19.5 Å². The Morgan fingerprint density at radius 2 is 1.61 bits per heavy atom. The van der Waals surface area contributed by atoms with Crippen LogP contribution in [0.25, 0.3) is 10.9 Å². The molecule has 0 aliphatic rings. The Bertz CT molecular complexity index is 765. The van der Waals surface area contributed by atoms with Crippen LogP contribution in [0.5, 0.6) is 0 Å². The highest BCUT2D eigenvalue weighted by molar-refractivity contribution is 5.78. The summed E-state index contributed by atoms with van der Waals surface area (Å²) in [4.78, 5) is 6.70. The van der Waals surface area contributed by atoms with Crippen molar-refractivity contribution in [2.75, 3.05) is 13.6 Å². The first-order chi connectivity index (χ1) is 11.2. The SMILES string of the molecule is CN(Cc1ccc(CCN)cc1)Cc1ccc2ncccc2c1. The molecule has 118 valence electrons. The van der Waals surface area contributed by atoms with E-state index < -0.39 is 0 Å². The predicted octanol–water partition coefficient (Wildman–Crippen LogP) is 3.37. The minimum absolute atomic E-state index is 0.704. The number of benzene rings is 2. The van der Waals surface area contributed by atoms with Crippen LogP contribution >= 0.6 is 0 Å². The molecule has 1 heterocycles. The Labute approximate surface area is 137 Å². The smallest absolute Gasteiger partial charge is 0.0702 e. The Hall–Kier alpha value is -2.23. The summed E-state index contributed by atoms with van der Waals surface area (Å²) < 4.78 is 0. The summed E-state index contributed by atoms with van der Waals surface area (Å²) >= 11 is 0. The van der Waals surface area contributed by atoms with Gasteiger partial charge in [0.1, 0.15) is 0 Å². The van der Waals surface area contributed by atoms with Gasteiger partial charge in [0.2, 0.25) is 0 Å². The molecule has 2 aromatic carbocycles. The van der Waals surface area contributed by atoms with Crippen molar-refractivity contribution in [1.29, 1.82) is 0 Å². The van der Waals surface area contributed by atoms with Gasteiger partial charge in [0.25, 0.3) is 0 Å². The van der Waals surface area contributed by atoms with Crippen molar-refractivity contribution in [3.8, 4) is 0 Å². The fourth-order valence-electron chi connectivity index (χ4n) is 2.88. The molecule has 0 spiro atoms. The predicted molar refractivity (Wildman–Crippen MR) is 96.1 cm³/mol. The van der Waals surface area contributed by atoms with Crippen LogP contribution in [0, 0.1) is 0 Å². The van der Waals surface area contributed by atoms with Gasteiger partial charge in [0.15, 0.2) is 0 Å². The van der Waals surface area contributed by atoms with Crippen molar-refractivity contribution in [3.05, 3.63) is 77.5 Å². The first-order valence-corrected chi connectivity index (χ1v) is 8.05. The average Bonchev–Trinajstić information content (AvgIpc) is 2.57. The summed E-state index contributed by atoms with van der Waals surface area (Å²) in [5.41, 5.74) is 10.6. The molecule has 3 rings (SSSR count). The van der Waals surface area contributed by atoms with Crippen LogP contribution in [0.1, 0.15) is 16.7 Å². The summed E-state index contributed by atoms with van der Waals surface area (Å²) in [6.07, 6.45) is 2.78. The zero-order valence-electron chi connectivity index (χ0n) is 13.6. The molecule has 0 atom stereocenters. The van der Waals surface area contributed by atoms with Crippen LogP contribution in [0.4, 0.5) is 0 Å². The normalized spacial score (nSPS) is 11.3. The molecule has 0 fully saturated rings. The highest BCUT2D eigenvalue weighted by atomic mass is 15.1. The molecule has 0 aliphatic carbocycles. The van der Waals surface area contributed by atoms with Crippen molar-refractivity contribution in [1.82, 2.24) is 9.88 Å². The molecule has 3 aromatic rings. The maximum Gasteiger partial charge on any atom is 0.0702 e. The molecule has 0 aliphatic heterocycles. The van der Waals surface area contributed by atoms with Crippen molar-refractivity contribution < 1.29 is 0 Å². The van der Waals surface area contributed by atoms with Crippen LogP contribution in [0.3, 0.4) is 0 Å². The van der Waals surface area contributed by atoms with E-state index in [1.165, 1.54) is 22.1 Å². The van der Waals surface area contributed by atoms with Crippen LogP contribution in [0.15, 0.2) is 60.8 Å². The molecule has 0 radical (unpaired) electrons. The molecule has 2 N–H and O–H groups in total. The zero-order chi connectivity index (χ0) is 16.1. The second-order valence-electron chi connectivity index (χ2n) is 6.06. The molecule has 3 nitrogen and oxygen atoms in total. The third kappa shape index (κ3) is 4.15. The van der Waals surface area contributed by atoms with Gasteiger partial charge in [-0.15, -0.1) is 0 Å². The Balaban J connectivity index is 1.64. The van der Waals surface area contributed by atoms with E-state index in [4.69, 9.17) is 5.73 Å². The van der Waals surface area contributed by atoms with E-state index in [9.17, 15) is 0 Å². The van der Waals surface area contributed by atoms with Gasteiger partial charge < -0.3 is 5.73 Å². The number of nitrogens with zero attached hydrogens (tertiary/aromatic N) is 2. The number of hydrogen-bond acceptors (Lipinski definition) is 3. The van der Waals surface area contributed by atoms with E-state index in [-0.39, 0.29) is 0 Å². The monoisotopic (exact) mass is 305 g/mol. The lowest BCUT2D eigenvalue weighted by Crippen LogP contribution is -2.17. The molecule has 0 saturated heterocycles. The Kier molecular flexibility index (Phi) is 5.01. The Morgan fingerprint density at radius 3 is 2.39 bits per heavy atom. The lowest BCUT2D eigenvalue weighted by molar-refractivity contribution is 0.319. The molecule has 0 bridgehead atoms. The van der Waals surface area contributed by atoms with Crippen molar-refractivity contribution >= 4 is 10.9 Å². The van der Waals surface area contributed by atoms with E-state index in [0.717, 1.165) is 25.0 Å². The first kappa shape index (κ1) is 15.7. The van der Waals surface area contributed by atoms with Gasteiger partial charge >= 0.3 is 0 Å². The van der Waals surface area contributed by atoms with Crippen LogP contribution in [-0.4, -0.2) is 23.5 Å². The van der Waals surface area contributed by atoms with Gasteiger partial charge in [0, 0.05) is 24.7 Å². The lowest BCUT2D eigenvalue weighted by Gasteiger charge is -2.17. The zero-order valence-corrected chi connectivity index (χ0v) is 13.6. The largest absolute Gasteiger partial charge is 0.330 e. The maximum absolute atomic E-state index is 5.59. The average molecular weight is 305 g/mol. The topological polar surface area (TPSA) is 42.1 Å². The van der Waals surface area contributed by atoms with Gasteiger partial charge in [-0.2, -0.15) is 0 Å². The molecule has 1 aromatic heterocycles. The number of fused-ring (bicyclic) bond motifs is 1. The number of pyridine rings is 1. The number of aromatic nitrogens is 1. The van der Waals surface area contributed by atoms with E-state index in [1.54, 1.807) is 0 Å². The molecular weight excluding hydrogens is 282 g/mol. The highest BCUT2D eigenvalue weighted by Crippen LogP contribution is 2.15.